The van der Waals surface area contributed by atoms with Crippen molar-refractivity contribution >= 4 is 34.4 Å². The Morgan fingerprint density at radius 3 is 2.88 bits per heavy atom. The van der Waals surface area contributed by atoms with E-state index < -0.39 is 0 Å². The second-order valence-corrected chi connectivity index (χ2v) is 9.29. The Hall–Kier alpha value is -3.45. The van der Waals surface area contributed by atoms with Gasteiger partial charge in [0.1, 0.15) is 5.82 Å². The van der Waals surface area contributed by atoms with E-state index in [1.807, 2.05) is 66.7 Å². The maximum Gasteiger partial charge on any atom is 0.256 e. The van der Waals surface area contributed by atoms with Gasteiger partial charge in [-0.15, -0.1) is 0 Å². The number of likely N-dealkylation sites (tertiary alicyclic amines) is 1. The molecule has 33 heavy (non-hydrogen) atoms. The molecule has 2 aliphatic heterocycles. The molecule has 2 atom stereocenters. The van der Waals surface area contributed by atoms with Gasteiger partial charge in [-0.1, -0.05) is 23.2 Å². The summed E-state index contributed by atoms with van der Waals surface area (Å²) >= 11 is 6.08. The molecule has 0 spiro atoms. The van der Waals surface area contributed by atoms with E-state index in [0.717, 1.165) is 47.6 Å². The molecule has 0 unspecified atom stereocenters. The molecular formula is C25H23ClN6O. The van der Waals surface area contributed by atoms with Crippen LogP contribution in [0, 0.1) is 12.8 Å². The van der Waals surface area contributed by atoms with E-state index in [-0.39, 0.29) is 11.9 Å². The molecule has 2 saturated heterocycles. The van der Waals surface area contributed by atoms with Crippen molar-refractivity contribution in [3.63, 3.8) is 0 Å². The predicted octanol–water partition coefficient (Wildman–Crippen LogP) is 4.13. The van der Waals surface area contributed by atoms with E-state index in [9.17, 15) is 4.79 Å². The van der Waals surface area contributed by atoms with Crippen LogP contribution in [0.2, 0.25) is 5.02 Å². The monoisotopic (exact) mass is 458 g/mol. The number of amides is 1. The van der Waals surface area contributed by atoms with Gasteiger partial charge < -0.3 is 9.80 Å². The van der Waals surface area contributed by atoms with Gasteiger partial charge in [-0.05, 0) is 49.7 Å². The molecular weight excluding hydrogens is 436 g/mol. The average molecular weight is 459 g/mol. The van der Waals surface area contributed by atoms with Crippen LogP contribution in [0.1, 0.15) is 22.3 Å². The first-order valence-corrected chi connectivity index (χ1v) is 11.5. The number of carbonyl (C=O) groups excluding carboxylic acids is 1. The lowest BCUT2D eigenvalue weighted by atomic mass is 9.82. The third kappa shape index (κ3) is 3.53. The second-order valence-electron chi connectivity index (χ2n) is 8.85. The Morgan fingerprint density at radius 1 is 1.12 bits per heavy atom. The van der Waals surface area contributed by atoms with Crippen LogP contribution in [-0.2, 0) is 0 Å². The lowest BCUT2D eigenvalue weighted by Crippen LogP contribution is -2.65. The van der Waals surface area contributed by atoms with Crippen molar-refractivity contribution in [2.45, 2.75) is 19.4 Å². The number of anilines is 1. The Labute approximate surface area is 196 Å². The van der Waals surface area contributed by atoms with Gasteiger partial charge in [-0.25, -0.2) is 9.67 Å². The number of fused-ring (bicyclic) bond motifs is 2. The summed E-state index contributed by atoms with van der Waals surface area (Å²) in [6, 6.07) is 13.6. The Bertz CT molecular complexity index is 1350. The topological polar surface area (TPSA) is 67.2 Å². The fourth-order valence-electron chi connectivity index (χ4n) is 4.96. The normalized spacial score (nSPS) is 19.9. The minimum atomic E-state index is 0.0498. The molecule has 2 aromatic heterocycles. The molecule has 4 aromatic rings. The fourth-order valence-corrected chi connectivity index (χ4v) is 5.13. The summed E-state index contributed by atoms with van der Waals surface area (Å²) in [6.45, 7) is 4.40. The average Bonchev–Trinajstić information content (AvgIpc) is 3.34. The number of aromatic nitrogens is 4. The van der Waals surface area contributed by atoms with Gasteiger partial charge in [0.15, 0.2) is 0 Å². The number of halogens is 1. The van der Waals surface area contributed by atoms with Crippen molar-refractivity contribution in [1.29, 1.82) is 0 Å². The lowest BCUT2D eigenvalue weighted by Gasteiger charge is -2.53. The summed E-state index contributed by atoms with van der Waals surface area (Å²) < 4.78 is 1.76. The van der Waals surface area contributed by atoms with E-state index in [1.54, 1.807) is 10.9 Å². The standard InChI is InChI=1S/C25H23ClN6O/c1-16-3-6-22(32-9-2-8-28-32)19(11-16)25(33)30-10-7-17-14-31(23(17)15-30)24-13-27-21-12-18(26)4-5-20(21)29-24/h2-6,8-9,11-13,17,23H,7,10,14-15H2,1H3/t17-,23-/m0/s1. The van der Waals surface area contributed by atoms with Gasteiger partial charge in [0, 0.05) is 43.0 Å². The minimum Gasteiger partial charge on any atom is -0.350 e. The Kier molecular flexibility index (Phi) is 4.80. The summed E-state index contributed by atoms with van der Waals surface area (Å²) in [5.74, 6) is 1.47. The van der Waals surface area contributed by atoms with E-state index in [2.05, 4.69) is 15.0 Å². The van der Waals surface area contributed by atoms with E-state index >= 15 is 0 Å². The highest BCUT2D eigenvalue weighted by Crippen LogP contribution is 2.36. The lowest BCUT2D eigenvalue weighted by molar-refractivity contribution is 0.0591. The quantitative estimate of drug-likeness (QED) is 0.462. The molecule has 2 aliphatic rings. The van der Waals surface area contributed by atoms with Gasteiger partial charge in [0.05, 0.1) is 34.5 Å². The van der Waals surface area contributed by atoms with Crippen LogP contribution in [0.5, 0.6) is 0 Å². The van der Waals surface area contributed by atoms with Gasteiger partial charge in [0.2, 0.25) is 0 Å². The molecule has 6 rings (SSSR count). The van der Waals surface area contributed by atoms with Crippen molar-refractivity contribution in [3.05, 3.63) is 77.2 Å². The van der Waals surface area contributed by atoms with Crippen molar-refractivity contribution in [1.82, 2.24) is 24.6 Å². The fraction of sp³-hybridized carbons (Fsp3) is 0.280. The van der Waals surface area contributed by atoms with Crippen molar-refractivity contribution in [2.75, 3.05) is 24.5 Å². The van der Waals surface area contributed by atoms with E-state index in [0.29, 0.717) is 23.0 Å². The van der Waals surface area contributed by atoms with Gasteiger partial charge in [-0.2, -0.15) is 5.10 Å². The molecule has 0 bridgehead atoms. The van der Waals surface area contributed by atoms with Gasteiger partial charge in [-0.3, -0.25) is 9.78 Å². The summed E-state index contributed by atoms with van der Waals surface area (Å²) in [7, 11) is 0. The summed E-state index contributed by atoms with van der Waals surface area (Å²) in [5.41, 5.74) is 4.16. The number of carbonyl (C=O) groups is 1. The molecule has 1 amide bonds. The highest BCUT2D eigenvalue weighted by molar-refractivity contribution is 6.31. The highest BCUT2D eigenvalue weighted by Gasteiger charge is 2.44. The molecule has 7 nitrogen and oxygen atoms in total. The predicted molar refractivity (Wildman–Crippen MR) is 128 cm³/mol. The van der Waals surface area contributed by atoms with Crippen molar-refractivity contribution in [3.8, 4) is 5.69 Å². The molecule has 2 aromatic carbocycles. The molecule has 0 aliphatic carbocycles. The zero-order chi connectivity index (χ0) is 22.5. The first kappa shape index (κ1) is 20.2. The summed E-state index contributed by atoms with van der Waals surface area (Å²) in [6.07, 6.45) is 6.40. The van der Waals surface area contributed by atoms with Crippen molar-refractivity contribution in [2.24, 2.45) is 5.92 Å². The van der Waals surface area contributed by atoms with Crippen LogP contribution in [0.4, 0.5) is 5.82 Å². The second kappa shape index (κ2) is 7.85. The number of hydrogen-bond donors (Lipinski definition) is 0. The minimum absolute atomic E-state index is 0.0498. The molecule has 166 valence electrons. The Balaban J connectivity index is 1.26. The van der Waals surface area contributed by atoms with Gasteiger partial charge in [0.25, 0.3) is 5.91 Å². The SMILES string of the molecule is Cc1ccc(-n2cccn2)c(C(=O)N2CC[C@H]3CN(c4cnc5cc(Cl)ccc5n4)[C@H]3C2)c1. The zero-order valence-corrected chi connectivity index (χ0v) is 19.0. The zero-order valence-electron chi connectivity index (χ0n) is 18.2. The number of nitrogens with zero attached hydrogens (tertiary/aromatic N) is 6. The molecule has 0 radical (unpaired) electrons. The third-order valence-electron chi connectivity index (χ3n) is 6.76. The summed E-state index contributed by atoms with van der Waals surface area (Å²) in [5, 5.41) is 4.99. The number of piperidine rings is 1. The number of aryl methyl sites for hydroxylation is 1. The van der Waals surface area contributed by atoms with Gasteiger partial charge >= 0.3 is 0 Å². The maximum absolute atomic E-state index is 13.6. The van der Waals surface area contributed by atoms with Crippen LogP contribution in [0.25, 0.3) is 16.7 Å². The first-order chi connectivity index (χ1) is 16.1. The maximum atomic E-state index is 13.6. The number of rotatable bonds is 3. The smallest absolute Gasteiger partial charge is 0.256 e. The third-order valence-corrected chi connectivity index (χ3v) is 6.99. The molecule has 2 fully saturated rings. The van der Waals surface area contributed by atoms with Crippen LogP contribution < -0.4 is 4.90 Å². The first-order valence-electron chi connectivity index (χ1n) is 11.2. The van der Waals surface area contributed by atoms with Crippen LogP contribution >= 0.6 is 11.6 Å². The molecule has 4 heterocycles. The molecule has 0 N–H and O–H groups in total. The van der Waals surface area contributed by atoms with Crippen LogP contribution in [-0.4, -0.2) is 56.2 Å². The van der Waals surface area contributed by atoms with Crippen LogP contribution in [0.3, 0.4) is 0 Å². The molecule has 0 saturated carbocycles. The highest BCUT2D eigenvalue weighted by atomic mass is 35.5. The largest absolute Gasteiger partial charge is 0.350 e. The van der Waals surface area contributed by atoms with E-state index in [4.69, 9.17) is 16.6 Å². The van der Waals surface area contributed by atoms with Crippen LogP contribution in [0.15, 0.2) is 61.1 Å². The number of benzene rings is 2. The van der Waals surface area contributed by atoms with Crippen molar-refractivity contribution < 1.29 is 4.79 Å². The van der Waals surface area contributed by atoms with E-state index in [1.165, 1.54) is 0 Å². The summed E-state index contributed by atoms with van der Waals surface area (Å²) in [4.78, 5) is 27.2. The Morgan fingerprint density at radius 2 is 2.03 bits per heavy atom. The molecule has 8 heteroatoms. The number of hydrogen-bond acceptors (Lipinski definition) is 5.